The standard InChI is InChI=1S/C17H28BrNO2/c1-3-4-5-6-8-14(2)19-12-16(20)13-21-17-10-7-9-15(18)11-17/h7,9-11,14,16,19-20H,3-6,8,12-13H2,1-2H3. The lowest BCUT2D eigenvalue weighted by Crippen LogP contribution is -2.36. The zero-order valence-electron chi connectivity index (χ0n) is 13.1. The van der Waals surface area contributed by atoms with Gasteiger partial charge in [0.1, 0.15) is 18.5 Å². The van der Waals surface area contributed by atoms with Gasteiger partial charge in [0, 0.05) is 17.1 Å². The van der Waals surface area contributed by atoms with Gasteiger partial charge in [-0.1, -0.05) is 54.6 Å². The topological polar surface area (TPSA) is 41.5 Å². The summed E-state index contributed by atoms with van der Waals surface area (Å²) in [6.07, 6.45) is 5.83. The van der Waals surface area contributed by atoms with Crippen LogP contribution in [0.15, 0.2) is 28.7 Å². The molecule has 4 heteroatoms. The van der Waals surface area contributed by atoms with E-state index in [1.54, 1.807) is 0 Å². The molecule has 1 aromatic rings. The Bertz CT molecular complexity index is 387. The van der Waals surface area contributed by atoms with Crippen LogP contribution in [-0.4, -0.2) is 30.4 Å². The molecule has 21 heavy (non-hydrogen) atoms. The molecule has 0 spiro atoms. The number of nitrogens with one attached hydrogen (secondary N) is 1. The minimum Gasteiger partial charge on any atom is -0.491 e. The van der Waals surface area contributed by atoms with Gasteiger partial charge >= 0.3 is 0 Å². The zero-order chi connectivity index (χ0) is 15.5. The van der Waals surface area contributed by atoms with Crippen molar-refractivity contribution >= 4 is 15.9 Å². The largest absolute Gasteiger partial charge is 0.491 e. The van der Waals surface area contributed by atoms with Crippen molar-refractivity contribution in [2.75, 3.05) is 13.2 Å². The molecule has 0 aromatic heterocycles. The number of hydrogen-bond acceptors (Lipinski definition) is 3. The Morgan fingerprint density at radius 2 is 2.10 bits per heavy atom. The van der Waals surface area contributed by atoms with Crippen LogP contribution in [-0.2, 0) is 0 Å². The number of aliphatic hydroxyl groups is 1. The monoisotopic (exact) mass is 357 g/mol. The Kier molecular flexibility index (Phi) is 9.72. The van der Waals surface area contributed by atoms with Crippen molar-refractivity contribution in [1.82, 2.24) is 5.32 Å². The number of rotatable bonds is 11. The van der Waals surface area contributed by atoms with Gasteiger partial charge in [-0.15, -0.1) is 0 Å². The van der Waals surface area contributed by atoms with Crippen LogP contribution in [0.3, 0.4) is 0 Å². The first kappa shape index (κ1) is 18.5. The lowest BCUT2D eigenvalue weighted by molar-refractivity contribution is 0.103. The molecule has 2 atom stereocenters. The normalized spacial score (nSPS) is 13.9. The van der Waals surface area contributed by atoms with E-state index in [2.05, 4.69) is 35.1 Å². The van der Waals surface area contributed by atoms with Crippen molar-refractivity contribution < 1.29 is 9.84 Å². The second-order valence-corrected chi connectivity index (χ2v) is 6.50. The molecule has 1 rings (SSSR count). The Morgan fingerprint density at radius 1 is 1.29 bits per heavy atom. The van der Waals surface area contributed by atoms with E-state index in [1.807, 2.05) is 24.3 Å². The highest BCUT2D eigenvalue weighted by molar-refractivity contribution is 9.10. The van der Waals surface area contributed by atoms with Gasteiger partial charge in [0.2, 0.25) is 0 Å². The third kappa shape index (κ3) is 9.12. The van der Waals surface area contributed by atoms with Crippen molar-refractivity contribution in [3.05, 3.63) is 28.7 Å². The van der Waals surface area contributed by atoms with Crippen LogP contribution in [0.4, 0.5) is 0 Å². The molecule has 0 aliphatic carbocycles. The smallest absolute Gasteiger partial charge is 0.120 e. The third-order valence-corrected chi connectivity index (χ3v) is 3.92. The first-order valence-corrected chi connectivity index (χ1v) is 8.71. The number of ether oxygens (including phenoxy) is 1. The summed E-state index contributed by atoms with van der Waals surface area (Å²) < 4.78 is 6.55. The number of unbranched alkanes of at least 4 members (excludes halogenated alkanes) is 3. The van der Waals surface area contributed by atoms with E-state index in [0.717, 1.165) is 10.2 Å². The van der Waals surface area contributed by atoms with Gasteiger partial charge in [0.15, 0.2) is 0 Å². The van der Waals surface area contributed by atoms with E-state index < -0.39 is 6.10 Å². The predicted octanol–water partition coefficient (Wildman–Crippen LogP) is 4.14. The van der Waals surface area contributed by atoms with Gasteiger partial charge in [-0.05, 0) is 31.5 Å². The molecule has 0 bridgehead atoms. The first-order valence-electron chi connectivity index (χ1n) is 7.91. The highest BCUT2D eigenvalue weighted by Crippen LogP contribution is 2.17. The fourth-order valence-electron chi connectivity index (χ4n) is 2.12. The summed E-state index contributed by atoms with van der Waals surface area (Å²) in [6, 6.07) is 8.10. The summed E-state index contributed by atoms with van der Waals surface area (Å²) in [4.78, 5) is 0. The van der Waals surface area contributed by atoms with Crippen molar-refractivity contribution in [2.45, 2.75) is 58.1 Å². The van der Waals surface area contributed by atoms with Crippen LogP contribution in [0.25, 0.3) is 0 Å². The Hall–Kier alpha value is -0.580. The molecule has 1 aromatic carbocycles. The lowest BCUT2D eigenvalue weighted by Gasteiger charge is -2.17. The average molecular weight is 358 g/mol. The van der Waals surface area contributed by atoms with Gasteiger partial charge in [0.05, 0.1) is 0 Å². The van der Waals surface area contributed by atoms with Gasteiger partial charge < -0.3 is 15.2 Å². The third-order valence-electron chi connectivity index (χ3n) is 3.43. The molecular formula is C17H28BrNO2. The Balaban J connectivity index is 2.11. The number of halogens is 1. The van der Waals surface area contributed by atoms with Crippen molar-refractivity contribution in [3.63, 3.8) is 0 Å². The second-order valence-electron chi connectivity index (χ2n) is 5.58. The quantitative estimate of drug-likeness (QED) is 0.584. The molecule has 120 valence electrons. The van der Waals surface area contributed by atoms with Crippen LogP contribution >= 0.6 is 15.9 Å². The van der Waals surface area contributed by atoms with Crippen molar-refractivity contribution in [2.24, 2.45) is 0 Å². The SMILES string of the molecule is CCCCCCC(C)NCC(O)COc1cccc(Br)c1. The van der Waals surface area contributed by atoms with E-state index in [0.29, 0.717) is 19.2 Å². The molecule has 0 aliphatic heterocycles. The van der Waals surface area contributed by atoms with Crippen LogP contribution < -0.4 is 10.1 Å². The van der Waals surface area contributed by atoms with E-state index in [1.165, 1.54) is 32.1 Å². The molecule has 0 heterocycles. The van der Waals surface area contributed by atoms with Gasteiger partial charge in [-0.2, -0.15) is 0 Å². The molecule has 0 fully saturated rings. The first-order chi connectivity index (χ1) is 10.1. The molecule has 0 aliphatic rings. The highest BCUT2D eigenvalue weighted by atomic mass is 79.9. The predicted molar refractivity (Wildman–Crippen MR) is 91.9 cm³/mol. The maximum absolute atomic E-state index is 9.94. The highest BCUT2D eigenvalue weighted by Gasteiger charge is 2.08. The molecule has 0 radical (unpaired) electrons. The summed E-state index contributed by atoms with van der Waals surface area (Å²) in [5, 5.41) is 13.3. The Labute approximate surface area is 137 Å². The van der Waals surface area contributed by atoms with Crippen LogP contribution in [0.2, 0.25) is 0 Å². The average Bonchev–Trinajstić information content (AvgIpc) is 2.47. The van der Waals surface area contributed by atoms with E-state index in [9.17, 15) is 5.11 Å². The summed E-state index contributed by atoms with van der Waals surface area (Å²) in [6.45, 7) is 5.28. The van der Waals surface area contributed by atoms with Gasteiger partial charge in [0.25, 0.3) is 0 Å². The summed E-state index contributed by atoms with van der Waals surface area (Å²) >= 11 is 3.40. The zero-order valence-corrected chi connectivity index (χ0v) is 14.7. The second kappa shape index (κ2) is 11.0. The molecule has 3 nitrogen and oxygen atoms in total. The Morgan fingerprint density at radius 3 is 2.81 bits per heavy atom. The summed E-state index contributed by atoms with van der Waals surface area (Å²) in [5.41, 5.74) is 0. The molecule has 2 unspecified atom stereocenters. The lowest BCUT2D eigenvalue weighted by atomic mass is 10.1. The summed E-state index contributed by atoms with van der Waals surface area (Å²) in [5.74, 6) is 0.774. The number of hydrogen-bond donors (Lipinski definition) is 2. The minimum absolute atomic E-state index is 0.312. The van der Waals surface area contributed by atoms with Gasteiger partial charge in [-0.3, -0.25) is 0 Å². The molecule has 0 saturated carbocycles. The number of aliphatic hydroxyl groups excluding tert-OH is 1. The maximum atomic E-state index is 9.94. The van der Waals surface area contributed by atoms with Crippen molar-refractivity contribution in [3.8, 4) is 5.75 Å². The van der Waals surface area contributed by atoms with Crippen LogP contribution in [0, 0.1) is 0 Å². The fraction of sp³-hybridized carbons (Fsp3) is 0.647. The van der Waals surface area contributed by atoms with Crippen molar-refractivity contribution in [1.29, 1.82) is 0 Å². The number of benzene rings is 1. The fourth-order valence-corrected chi connectivity index (χ4v) is 2.50. The maximum Gasteiger partial charge on any atom is 0.120 e. The van der Waals surface area contributed by atoms with E-state index in [-0.39, 0.29) is 0 Å². The van der Waals surface area contributed by atoms with Crippen LogP contribution in [0.1, 0.15) is 46.0 Å². The molecule has 0 saturated heterocycles. The minimum atomic E-state index is -0.484. The van der Waals surface area contributed by atoms with E-state index >= 15 is 0 Å². The summed E-state index contributed by atoms with van der Waals surface area (Å²) in [7, 11) is 0. The van der Waals surface area contributed by atoms with Crippen LogP contribution in [0.5, 0.6) is 5.75 Å². The molecular weight excluding hydrogens is 330 g/mol. The van der Waals surface area contributed by atoms with Gasteiger partial charge in [-0.25, -0.2) is 0 Å². The molecule has 0 amide bonds. The van der Waals surface area contributed by atoms with E-state index in [4.69, 9.17) is 4.74 Å². The molecule has 2 N–H and O–H groups in total.